The van der Waals surface area contributed by atoms with Crippen LogP contribution >= 0.6 is 0 Å². The molecular formula is C20H21F3N2O3. The fourth-order valence-electron chi connectivity index (χ4n) is 2.70. The number of carboxylic acid groups (broad SMARTS) is 1. The third kappa shape index (κ3) is 5.48. The molecule has 1 atom stereocenters. The van der Waals surface area contributed by atoms with Crippen LogP contribution in [0.3, 0.4) is 0 Å². The predicted molar refractivity (Wildman–Crippen MR) is 98.0 cm³/mol. The van der Waals surface area contributed by atoms with Crippen molar-refractivity contribution in [2.75, 3.05) is 7.05 Å². The Morgan fingerprint density at radius 3 is 2.29 bits per heavy atom. The molecule has 28 heavy (non-hydrogen) atoms. The minimum atomic E-state index is -4.45. The number of benzene rings is 2. The van der Waals surface area contributed by atoms with Gasteiger partial charge in [0.1, 0.15) is 0 Å². The average Bonchev–Trinajstić information content (AvgIpc) is 2.65. The minimum absolute atomic E-state index is 0.0624. The van der Waals surface area contributed by atoms with Gasteiger partial charge in [-0.15, -0.1) is 0 Å². The van der Waals surface area contributed by atoms with E-state index >= 15 is 0 Å². The lowest BCUT2D eigenvalue weighted by molar-refractivity contribution is -0.138. The molecule has 0 aliphatic rings. The summed E-state index contributed by atoms with van der Waals surface area (Å²) >= 11 is 0. The Kier molecular flexibility index (Phi) is 6.66. The number of carboxylic acids is 1. The highest BCUT2D eigenvalue weighted by Gasteiger charge is 2.33. The number of halogens is 3. The highest BCUT2D eigenvalue weighted by Crippen LogP contribution is 2.32. The number of nitrogens with one attached hydrogen (secondary N) is 1. The van der Waals surface area contributed by atoms with Crippen molar-refractivity contribution >= 4 is 12.0 Å². The molecule has 2 amide bonds. The van der Waals surface area contributed by atoms with E-state index in [0.29, 0.717) is 5.56 Å². The van der Waals surface area contributed by atoms with Crippen LogP contribution in [0.15, 0.2) is 48.5 Å². The van der Waals surface area contributed by atoms with Crippen molar-refractivity contribution in [1.29, 1.82) is 0 Å². The quantitative estimate of drug-likeness (QED) is 0.772. The van der Waals surface area contributed by atoms with Crippen LogP contribution in [0.2, 0.25) is 0 Å². The summed E-state index contributed by atoms with van der Waals surface area (Å²) in [6.45, 7) is 1.85. The second kappa shape index (κ2) is 8.77. The molecule has 5 nitrogen and oxygen atoms in total. The van der Waals surface area contributed by atoms with Crippen LogP contribution in [-0.4, -0.2) is 35.1 Å². The molecule has 0 aromatic heterocycles. The summed E-state index contributed by atoms with van der Waals surface area (Å²) in [5.41, 5.74) is 0.284. The maximum atomic E-state index is 13.1. The van der Waals surface area contributed by atoms with Crippen molar-refractivity contribution in [1.82, 2.24) is 10.2 Å². The lowest BCUT2D eigenvalue weighted by Gasteiger charge is -2.26. The summed E-state index contributed by atoms with van der Waals surface area (Å²) in [5.74, 6) is -1.04. The fourth-order valence-corrected chi connectivity index (χ4v) is 2.70. The largest absolute Gasteiger partial charge is 0.478 e. The van der Waals surface area contributed by atoms with E-state index in [1.54, 1.807) is 19.1 Å². The number of carbonyl (C=O) groups excluding carboxylic acids is 1. The zero-order chi connectivity index (χ0) is 20.9. The van der Waals surface area contributed by atoms with Crippen LogP contribution in [0.1, 0.15) is 34.0 Å². The van der Waals surface area contributed by atoms with E-state index in [1.165, 1.54) is 42.3 Å². The number of alkyl halides is 3. The molecule has 2 N–H and O–H groups in total. The lowest BCUT2D eigenvalue weighted by Crippen LogP contribution is -2.43. The fraction of sp³-hybridized carbons (Fsp3) is 0.300. The highest BCUT2D eigenvalue weighted by atomic mass is 19.4. The van der Waals surface area contributed by atoms with Crippen LogP contribution in [0, 0.1) is 0 Å². The van der Waals surface area contributed by atoms with Crippen molar-refractivity contribution in [2.24, 2.45) is 0 Å². The van der Waals surface area contributed by atoms with E-state index in [4.69, 9.17) is 5.11 Å². The van der Waals surface area contributed by atoms with E-state index < -0.39 is 29.8 Å². The van der Waals surface area contributed by atoms with Crippen LogP contribution in [0.5, 0.6) is 0 Å². The van der Waals surface area contributed by atoms with Crippen LogP contribution in [-0.2, 0) is 19.1 Å². The number of aromatic carboxylic acids is 1. The molecule has 0 aliphatic carbocycles. The van der Waals surface area contributed by atoms with Gasteiger partial charge >= 0.3 is 18.2 Å². The molecule has 2 aromatic carbocycles. The number of likely N-dealkylation sites (N-methyl/N-ethyl adjacent to an activating group) is 1. The zero-order valence-electron chi connectivity index (χ0n) is 15.5. The van der Waals surface area contributed by atoms with Gasteiger partial charge in [0.2, 0.25) is 0 Å². The Balaban J connectivity index is 1.96. The summed E-state index contributed by atoms with van der Waals surface area (Å²) in [4.78, 5) is 24.5. The topological polar surface area (TPSA) is 69.6 Å². The molecule has 2 aromatic rings. The Bertz CT molecular complexity index is 835. The highest BCUT2D eigenvalue weighted by molar-refractivity contribution is 5.87. The van der Waals surface area contributed by atoms with Gasteiger partial charge in [0.15, 0.2) is 0 Å². The smallest absolute Gasteiger partial charge is 0.416 e. The number of amides is 2. The molecule has 0 radical (unpaired) electrons. The van der Waals surface area contributed by atoms with Crippen LogP contribution < -0.4 is 5.32 Å². The molecular weight excluding hydrogens is 373 g/mol. The van der Waals surface area contributed by atoms with Crippen molar-refractivity contribution in [2.45, 2.75) is 32.1 Å². The monoisotopic (exact) mass is 394 g/mol. The van der Waals surface area contributed by atoms with Crippen molar-refractivity contribution in [3.8, 4) is 0 Å². The molecule has 1 unspecified atom stereocenters. The summed E-state index contributed by atoms with van der Waals surface area (Å²) in [7, 11) is 1.52. The summed E-state index contributed by atoms with van der Waals surface area (Å²) < 4.78 is 39.3. The van der Waals surface area contributed by atoms with Crippen molar-refractivity contribution in [3.05, 3.63) is 70.8 Å². The van der Waals surface area contributed by atoms with Gasteiger partial charge in [0.05, 0.1) is 11.1 Å². The maximum absolute atomic E-state index is 13.1. The standard InChI is InChI=1S/C20H21F3N2O3/c1-13(11-16-5-3-4-6-17(16)20(21,22)23)25(2)19(28)24-12-14-7-9-15(10-8-14)18(26)27/h3-10,13H,11-12H2,1-2H3,(H,24,28)(H,26,27). The number of rotatable bonds is 6. The number of urea groups is 1. The van der Waals surface area contributed by atoms with E-state index in [-0.39, 0.29) is 24.1 Å². The first-order valence-electron chi connectivity index (χ1n) is 8.57. The molecule has 0 saturated heterocycles. The van der Waals surface area contributed by atoms with Gasteiger partial charge in [-0.2, -0.15) is 13.2 Å². The Morgan fingerprint density at radius 2 is 1.71 bits per heavy atom. The first-order chi connectivity index (χ1) is 13.1. The number of nitrogens with zero attached hydrogens (tertiary/aromatic N) is 1. The Morgan fingerprint density at radius 1 is 1.11 bits per heavy atom. The molecule has 0 bridgehead atoms. The number of hydrogen-bond donors (Lipinski definition) is 2. The first-order valence-corrected chi connectivity index (χ1v) is 8.57. The third-order valence-corrected chi connectivity index (χ3v) is 4.46. The second-order valence-electron chi connectivity index (χ2n) is 6.48. The van der Waals surface area contributed by atoms with Gasteiger partial charge in [-0.3, -0.25) is 0 Å². The maximum Gasteiger partial charge on any atom is 0.416 e. The normalized spacial score (nSPS) is 12.3. The van der Waals surface area contributed by atoms with Crippen LogP contribution in [0.25, 0.3) is 0 Å². The SMILES string of the molecule is CC(Cc1ccccc1C(F)(F)F)N(C)C(=O)NCc1ccc(C(=O)O)cc1. The molecule has 0 spiro atoms. The van der Waals surface area contributed by atoms with Gasteiger partial charge in [0, 0.05) is 19.6 Å². The lowest BCUT2D eigenvalue weighted by atomic mass is 10.00. The third-order valence-electron chi connectivity index (χ3n) is 4.46. The second-order valence-corrected chi connectivity index (χ2v) is 6.48. The zero-order valence-corrected chi connectivity index (χ0v) is 15.5. The van der Waals surface area contributed by atoms with Gasteiger partial charge < -0.3 is 15.3 Å². The Labute approximate surface area is 160 Å². The van der Waals surface area contributed by atoms with E-state index in [2.05, 4.69) is 5.32 Å². The summed E-state index contributed by atoms with van der Waals surface area (Å²) in [5, 5.41) is 11.5. The average molecular weight is 394 g/mol. The van der Waals surface area contributed by atoms with Crippen molar-refractivity contribution in [3.63, 3.8) is 0 Å². The first kappa shape index (κ1) is 21.3. The van der Waals surface area contributed by atoms with E-state index in [0.717, 1.165) is 6.07 Å². The Hall–Kier alpha value is -3.03. The number of carbonyl (C=O) groups is 2. The molecule has 0 aliphatic heterocycles. The molecule has 8 heteroatoms. The van der Waals surface area contributed by atoms with Gasteiger partial charge in [-0.1, -0.05) is 30.3 Å². The molecule has 0 fully saturated rings. The summed E-state index contributed by atoms with van der Waals surface area (Å²) in [6, 6.07) is 10.5. The van der Waals surface area contributed by atoms with Crippen LogP contribution in [0.4, 0.5) is 18.0 Å². The van der Waals surface area contributed by atoms with Gasteiger partial charge in [-0.05, 0) is 42.7 Å². The van der Waals surface area contributed by atoms with Crippen molar-refractivity contribution < 1.29 is 27.9 Å². The molecule has 150 valence electrons. The van der Waals surface area contributed by atoms with E-state index in [9.17, 15) is 22.8 Å². The minimum Gasteiger partial charge on any atom is -0.478 e. The van der Waals surface area contributed by atoms with Gasteiger partial charge in [-0.25, -0.2) is 9.59 Å². The predicted octanol–water partition coefficient (Wildman–Crippen LogP) is 4.18. The molecule has 0 heterocycles. The summed E-state index contributed by atoms with van der Waals surface area (Å²) in [6.07, 6.45) is -4.38. The van der Waals surface area contributed by atoms with E-state index in [1.807, 2.05) is 0 Å². The number of hydrogen-bond acceptors (Lipinski definition) is 2. The molecule has 0 saturated carbocycles. The van der Waals surface area contributed by atoms with Gasteiger partial charge in [0.25, 0.3) is 0 Å². The molecule has 2 rings (SSSR count).